The summed E-state index contributed by atoms with van der Waals surface area (Å²) in [6, 6.07) is 22.3. The summed E-state index contributed by atoms with van der Waals surface area (Å²) in [5.41, 5.74) is 5.00. The van der Waals surface area contributed by atoms with Gasteiger partial charge in [-0.25, -0.2) is 5.43 Å². The smallest absolute Gasteiger partial charge is 0.271 e. The minimum Gasteiger partial charge on any atom is -0.493 e. The average Bonchev–Trinajstić information content (AvgIpc) is 2.81. The van der Waals surface area contributed by atoms with E-state index in [2.05, 4.69) is 29.6 Å². The molecule has 6 heteroatoms. The van der Waals surface area contributed by atoms with Crippen LogP contribution in [-0.4, -0.2) is 25.3 Å². The highest BCUT2D eigenvalue weighted by atomic mass is 35.5. The van der Waals surface area contributed by atoms with E-state index < -0.39 is 0 Å². The van der Waals surface area contributed by atoms with E-state index in [1.54, 1.807) is 42.5 Å². The molecule has 0 saturated heterocycles. The van der Waals surface area contributed by atoms with Crippen LogP contribution < -0.4 is 14.9 Å². The summed E-state index contributed by atoms with van der Waals surface area (Å²) in [4.78, 5) is 12.1. The SMILES string of the molecule is CCc1ccc(OCCCOc2ccc(Cl)cc2/C=N\NC(=O)c2ccccc2)cc1. The van der Waals surface area contributed by atoms with Crippen LogP contribution in [0.3, 0.4) is 0 Å². The Hall–Kier alpha value is -3.31. The maximum absolute atomic E-state index is 12.1. The average molecular weight is 437 g/mol. The predicted octanol–water partition coefficient (Wildman–Crippen LogP) is 5.51. The van der Waals surface area contributed by atoms with Crippen LogP contribution in [0.15, 0.2) is 77.9 Å². The number of nitrogens with one attached hydrogen (secondary N) is 1. The predicted molar refractivity (Wildman–Crippen MR) is 124 cm³/mol. The lowest BCUT2D eigenvalue weighted by atomic mass is 10.2. The first-order chi connectivity index (χ1) is 15.2. The van der Waals surface area contributed by atoms with Crippen molar-refractivity contribution in [2.24, 2.45) is 5.10 Å². The lowest BCUT2D eigenvalue weighted by molar-refractivity contribution is 0.0955. The van der Waals surface area contributed by atoms with Crippen molar-refractivity contribution in [3.8, 4) is 11.5 Å². The standard InChI is InChI=1S/C25H25ClN2O3/c1-2-19-9-12-23(13-10-19)30-15-6-16-31-24-14-11-22(26)17-21(24)18-27-28-25(29)20-7-4-3-5-8-20/h3-5,7-14,17-18H,2,6,15-16H2,1H3,(H,28,29)/b27-18-. The number of hydrazone groups is 1. The molecule has 0 aliphatic heterocycles. The van der Waals surface area contributed by atoms with E-state index in [1.807, 2.05) is 18.2 Å². The molecule has 0 spiro atoms. The van der Waals surface area contributed by atoms with Crippen molar-refractivity contribution in [3.63, 3.8) is 0 Å². The van der Waals surface area contributed by atoms with E-state index in [4.69, 9.17) is 21.1 Å². The van der Waals surface area contributed by atoms with Gasteiger partial charge in [0.15, 0.2) is 0 Å². The highest BCUT2D eigenvalue weighted by Crippen LogP contribution is 2.22. The molecule has 3 aromatic carbocycles. The summed E-state index contributed by atoms with van der Waals surface area (Å²) in [5, 5.41) is 4.59. The fraction of sp³-hybridized carbons (Fsp3) is 0.200. The van der Waals surface area contributed by atoms with Gasteiger partial charge in [0.05, 0.1) is 19.4 Å². The Morgan fingerprint density at radius 3 is 2.48 bits per heavy atom. The van der Waals surface area contributed by atoms with Gasteiger partial charge in [-0.3, -0.25) is 4.79 Å². The van der Waals surface area contributed by atoms with Crippen molar-refractivity contribution in [1.82, 2.24) is 5.43 Å². The molecule has 3 aromatic rings. The minimum atomic E-state index is -0.287. The highest BCUT2D eigenvalue weighted by Gasteiger charge is 2.05. The molecule has 0 aliphatic rings. The summed E-state index contributed by atoms with van der Waals surface area (Å²) in [7, 11) is 0. The van der Waals surface area contributed by atoms with Crippen LogP contribution in [0.5, 0.6) is 11.5 Å². The van der Waals surface area contributed by atoms with Gasteiger partial charge in [0.1, 0.15) is 11.5 Å². The second-order valence-corrected chi connectivity index (χ2v) is 7.23. The maximum atomic E-state index is 12.1. The number of halogens is 1. The molecule has 3 rings (SSSR count). The number of amides is 1. The molecular weight excluding hydrogens is 412 g/mol. The summed E-state index contributed by atoms with van der Waals surface area (Å²) in [6.45, 7) is 3.15. The second-order valence-electron chi connectivity index (χ2n) is 6.80. The monoisotopic (exact) mass is 436 g/mol. The van der Waals surface area contributed by atoms with Crippen LogP contribution in [-0.2, 0) is 6.42 Å². The Morgan fingerprint density at radius 1 is 1.00 bits per heavy atom. The lowest BCUT2D eigenvalue weighted by Crippen LogP contribution is -2.17. The second kappa shape index (κ2) is 11.8. The van der Waals surface area contributed by atoms with Gasteiger partial charge in [0.25, 0.3) is 5.91 Å². The molecule has 0 fully saturated rings. The summed E-state index contributed by atoms with van der Waals surface area (Å²) < 4.78 is 11.6. The van der Waals surface area contributed by atoms with Gasteiger partial charge in [-0.1, -0.05) is 48.9 Å². The van der Waals surface area contributed by atoms with Crippen molar-refractivity contribution < 1.29 is 14.3 Å². The van der Waals surface area contributed by atoms with Crippen molar-refractivity contribution in [3.05, 3.63) is 94.5 Å². The Morgan fingerprint density at radius 2 is 1.74 bits per heavy atom. The zero-order valence-electron chi connectivity index (χ0n) is 17.4. The van der Waals surface area contributed by atoms with Gasteiger partial charge in [0.2, 0.25) is 0 Å². The van der Waals surface area contributed by atoms with Crippen LogP contribution in [0, 0.1) is 0 Å². The molecular formula is C25H25ClN2O3. The van der Waals surface area contributed by atoms with Crippen molar-refractivity contribution in [1.29, 1.82) is 0 Å². The van der Waals surface area contributed by atoms with Crippen LogP contribution >= 0.6 is 11.6 Å². The molecule has 0 atom stereocenters. The molecule has 0 heterocycles. The van der Waals surface area contributed by atoms with Crippen molar-refractivity contribution in [2.75, 3.05) is 13.2 Å². The Bertz CT molecular complexity index is 1010. The fourth-order valence-corrected chi connectivity index (χ4v) is 3.00. The molecule has 0 saturated carbocycles. The number of carbonyl (C=O) groups is 1. The third-order valence-electron chi connectivity index (χ3n) is 4.52. The molecule has 0 aromatic heterocycles. The number of nitrogens with zero attached hydrogens (tertiary/aromatic N) is 1. The third kappa shape index (κ3) is 7.15. The van der Waals surface area contributed by atoms with Gasteiger partial charge >= 0.3 is 0 Å². The Balaban J connectivity index is 1.49. The van der Waals surface area contributed by atoms with Crippen molar-refractivity contribution in [2.45, 2.75) is 19.8 Å². The number of rotatable bonds is 10. The molecule has 0 bridgehead atoms. The number of carbonyl (C=O) groups excluding carboxylic acids is 1. The topological polar surface area (TPSA) is 59.9 Å². The van der Waals surface area contributed by atoms with E-state index in [0.29, 0.717) is 35.1 Å². The van der Waals surface area contributed by atoms with Gasteiger partial charge < -0.3 is 9.47 Å². The zero-order valence-corrected chi connectivity index (χ0v) is 18.1. The summed E-state index contributed by atoms with van der Waals surface area (Å²) in [6.07, 6.45) is 3.25. The summed E-state index contributed by atoms with van der Waals surface area (Å²) in [5.74, 6) is 1.20. The molecule has 0 unspecified atom stereocenters. The Labute approximate surface area is 187 Å². The third-order valence-corrected chi connectivity index (χ3v) is 4.76. The van der Waals surface area contributed by atoms with Crippen LogP contribution in [0.1, 0.15) is 34.8 Å². The maximum Gasteiger partial charge on any atom is 0.271 e. The number of hydrogen-bond acceptors (Lipinski definition) is 4. The Kier molecular flexibility index (Phi) is 8.49. The van der Waals surface area contributed by atoms with E-state index in [-0.39, 0.29) is 5.91 Å². The summed E-state index contributed by atoms with van der Waals surface area (Å²) >= 11 is 6.10. The normalized spacial score (nSPS) is 10.8. The lowest BCUT2D eigenvalue weighted by Gasteiger charge is -2.10. The minimum absolute atomic E-state index is 0.287. The van der Waals surface area contributed by atoms with Crippen LogP contribution in [0.25, 0.3) is 0 Å². The molecule has 0 aliphatic carbocycles. The molecule has 5 nitrogen and oxygen atoms in total. The molecule has 1 N–H and O–H groups in total. The van der Waals surface area contributed by atoms with Gasteiger partial charge in [0, 0.05) is 22.6 Å². The van der Waals surface area contributed by atoms with E-state index >= 15 is 0 Å². The molecule has 0 radical (unpaired) electrons. The first kappa shape index (κ1) is 22.4. The van der Waals surface area contributed by atoms with Gasteiger partial charge in [-0.15, -0.1) is 0 Å². The largest absolute Gasteiger partial charge is 0.493 e. The first-order valence-corrected chi connectivity index (χ1v) is 10.6. The zero-order chi connectivity index (χ0) is 21.9. The number of aryl methyl sites for hydroxylation is 1. The number of hydrogen-bond donors (Lipinski definition) is 1. The van der Waals surface area contributed by atoms with Crippen LogP contribution in [0.2, 0.25) is 5.02 Å². The number of ether oxygens (including phenoxy) is 2. The van der Waals surface area contributed by atoms with Gasteiger partial charge in [-0.05, 0) is 54.4 Å². The van der Waals surface area contributed by atoms with Crippen molar-refractivity contribution >= 4 is 23.7 Å². The molecule has 160 valence electrons. The van der Waals surface area contributed by atoms with Gasteiger partial charge in [-0.2, -0.15) is 5.10 Å². The van der Waals surface area contributed by atoms with Crippen LogP contribution in [0.4, 0.5) is 0 Å². The molecule has 31 heavy (non-hydrogen) atoms. The quantitative estimate of drug-likeness (QED) is 0.259. The number of benzene rings is 3. The first-order valence-electron chi connectivity index (χ1n) is 10.2. The highest BCUT2D eigenvalue weighted by molar-refractivity contribution is 6.30. The van der Waals surface area contributed by atoms with E-state index in [9.17, 15) is 4.79 Å². The fourth-order valence-electron chi connectivity index (χ4n) is 2.82. The van der Waals surface area contributed by atoms with E-state index in [0.717, 1.165) is 18.6 Å². The van der Waals surface area contributed by atoms with E-state index in [1.165, 1.54) is 11.8 Å². The molecule has 1 amide bonds.